The van der Waals surface area contributed by atoms with Crippen molar-refractivity contribution < 1.29 is 4.39 Å². The standard InChI is InChI=1S/C14H14FN5/c1-9(2)20-8-18-12-4-6-17-14(13(12)20)19-11-3-5-16-7-10(11)15/h3-9H,1-2H3,(H,16,17,19). The molecule has 0 saturated carbocycles. The maximum Gasteiger partial charge on any atom is 0.164 e. The van der Waals surface area contributed by atoms with E-state index >= 15 is 0 Å². The number of halogens is 1. The van der Waals surface area contributed by atoms with Crippen LogP contribution in [0.15, 0.2) is 37.1 Å². The maximum atomic E-state index is 13.7. The molecule has 0 unspecified atom stereocenters. The highest BCUT2D eigenvalue weighted by Gasteiger charge is 2.12. The van der Waals surface area contributed by atoms with E-state index in [1.807, 2.05) is 10.6 Å². The molecule has 3 heterocycles. The lowest BCUT2D eigenvalue weighted by atomic mass is 10.3. The van der Waals surface area contributed by atoms with E-state index in [1.54, 1.807) is 18.6 Å². The molecule has 0 aromatic carbocycles. The minimum absolute atomic E-state index is 0.243. The average Bonchev–Trinajstić information content (AvgIpc) is 2.86. The lowest BCUT2D eigenvalue weighted by Gasteiger charge is -2.12. The number of fused-ring (bicyclic) bond motifs is 1. The summed E-state index contributed by atoms with van der Waals surface area (Å²) in [5.41, 5.74) is 2.03. The van der Waals surface area contributed by atoms with Gasteiger partial charge in [0.2, 0.25) is 0 Å². The molecule has 1 N–H and O–H groups in total. The summed E-state index contributed by atoms with van der Waals surface area (Å²) in [5, 5.41) is 3.01. The van der Waals surface area contributed by atoms with Gasteiger partial charge in [-0.15, -0.1) is 0 Å². The molecular formula is C14H14FN5. The highest BCUT2D eigenvalue weighted by atomic mass is 19.1. The molecule has 0 radical (unpaired) electrons. The van der Waals surface area contributed by atoms with Crippen LogP contribution >= 0.6 is 0 Å². The van der Waals surface area contributed by atoms with Crippen LogP contribution < -0.4 is 5.32 Å². The quantitative estimate of drug-likeness (QED) is 0.794. The van der Waals surface area contributed by atoms with Crippen LogP contribution in [0.3, 0.4) is 0 Å². The summed E-state index contributed by atoms with van der Waals surface area (Å²) in [4.78, 5) is 12.4. The predicted molar refractivity (Wildman–Crippen MR) is 75.4 cm³/mol. The van der Waals surface area contributed by atoms with Crippen molar-refractivity contribution in [3.05, 3.63) is 42.9 Å². The summed E-state index contributed by atoms with van der Waals surface area (Å²) in [6.07, 6.45) is 6.13. The van der Waals surface area contributed by atoms with Gasteiger partial charge in [-0.05, 0) is 26.0 Å². The minimum Gasteiger partial charge on any atom is -0.336 e. The number of imidazole rings is 1. The van der Waals surface area contributed by atoms with Crippen LogP contribution in [0.5, 0.6) is 0 Å². The fraction of sp³-hybridized carbons (Fsp3) is 0.214. The van der Waals surface area contributed by atoms with Gasteiger partial charge >= 0.3 is 0 Å². The molecule has 0 saturated heterocycles. The van der Waals surface area contributed by atoms with Gasteiger partial charge in [0, 0.05) is 18.4 Å². The van der Waals surface area contributed by atoms with Crippen LogP contribution in [0, 0.1) is 5.82 Å². The second-order valence-corrected chi connectivity index (χ2v) is 4.75. The fourth-order valence-electron chi connectivity index (χ4n) is 2.07. The first-order chi connectivity index (χ1) is 9.66. The molecule has 0 atom stereocenters. The Morgan fingerprint density at radius 1 is 1.20 bits per heavy atom. The van der Waals surface area contributed by atoms with Gasteiger partial charge in [-0.2, -0.15) is 0 Å². The number of nitrogens with one attached hydrogen (secondary N) is 1. The Morgan fingerprint density at radius 2 is 2.05 bits per heavy atom. The Kier molecular flexibility index (Phi) is 3.06. The molecule has 3 aromatic heterocycles. The molecule has 102 valence electrons. The maximum absolute atomic E-state index is 13.7. The Morgan fingerprint density at radius 3 is 2.80 bits per heavy atom. The van der Waals surface area contributed by atoms with Crippen molar-refractivity contribution in [1.29, 1.82) is 0 Å². The second kappa shape index (κ2) is 4.88. The lowest BCUT2D eigenvalue weighted by molar-refractivity contribution is 0.617. The van der Waals surface area contributed by atoms with Crippen LogP contribution in [-0.4, -0.2) is 19.5 Å². The van der Waals surface area contributed by atoms with Crippen LogP contribution in [-0.2, 0) is 0 Å². The summed E-state index contributed by atoms with van der Waals surface area (Å²) >= 11 is 0. The van der Waals surface area contributed by atoms with E-state index in [4.69, 9.17) is 0 Å². The third kappa shape index (κ3) is 2.09. The van der Waals surface area contributed by atoms with Crippen molar-refractivity contribution in [2.24, 2.45) is 0 Å². The van der Waals surface area contributed by atoms with Crippen molar-refractivity contribution in [3.8, 4) is 0 Å². The fourth-order valence-corrected chi connectivity index (χ4v) is 2.07. The Balaban J connectivity index is 2.12. The average molecular weight is 271 g/mol. The second-order valence-electron chi connectivity index (χ2n) is 4.75. The summed E-state index contributed by atoms with van der Waals surface area (Å²) < 4.78 is 15.7. The zero-order valence-corrected chi connectivity index (χ0v) is 11.2. The molecule has 3 rings (SSSR count). The van der Waals surface area contributed by atoms with Gasteiger partial charge in [-0.3, -0.25) is 4.98 Å². The molecule has 0 aliphatic carbocycles. The zero-order chi connectivity index (χ0) is 14.1. The molecule has 0 aliphatic rings. The van der Waals surface area contributed by atoms with Crippen molar-refractivity contribution in [3.63, 3.8) is 0 Å². The van der Waals surface area contributed by atoms with Gasteiger partial charge in [0.15, 0.2) is 11.6 Å². The van der Waals surface area contributed by atoms with Gasteiger partial charge in [-0.25, -0.2) is 14.4 Å². The van der Waals surface area contributed by atoms with E-state index in [9.17, 15) is 4.39 Å². The third-order valence-corrected chi connectivity index (χ3v) is 3.06. The van der Waals surface area contributed by atoms with E-state index in [-0.39, 0.29) is 6.04 Å². The molecule has 20 heavy (non-hydrogen) atoms. The van der Waals surface area contributed by atoms with Crippen molar-refractivity contribution in [2.45, 2.75) is 19.9 Å². The molecule has 0 spiro atoms. The lowest BCUT2D eigenvalue weighted by Crippen LogP contribution is -2.03. The van der Waals surface area contributed by atoms with Crippen LogP contribution in [0.4, 0.5) is 15.9 Å². The number of pyridine rings is 2. The summed E-state index contributed by atoms with van der Waals surface area (Å²) in [7, 11) is 0. The highest BCUT2D eigenvalue weighted by molar-refractivity contribution is 5.88. The van der Waals surface area contributed by atoms with Crippen molar-refractivity contribution in [2.75, 3.05) is 5.32 Å². The topological polar surface area (TPSA) is 55.6 Å². The first kappa shape index (κ1) is 12.5. The SMILES string of the molecule is CC(C)n1cnc2ccnc(Nc3ccncc3F)c21. The number of aromatic nitrogens is 4. The van der Waals surface area contributed by atoms with Crippen LogP contribution in [0.25, 0.3) is 11.0 Å². The summed E-state index contributed by atoms with van der Waals surface area (Å²) in [6, 6.07) is 3.65. The Bertz CT molecular complexity index is 750. The van der Waals surface area contributed by atoms with E-state index in [0.29, 0.717) is 11.5 Å². The molecule has 6 heteroatoms. The number of hydrogen-bond acceptors (Lipinski definition) is 4. The number of nitrogens with zero attached hydrogens (tertiary/aromatic N) is 4. The molecule has 0 aliphatic heterocycles. The van der Waals surface area contributed by atoms with Gasteiger partial charge in [0.25, 0.3) is 0 Å². The molecule has 0 amide bonds. The highest BCUT2D eigenvalue weighted by Crippen LogP contribution is 2.26. The van der Waals surface area contributed by atoms with E-state index < -0.39 is 5.82 Å². The molecular weight excluding hydrogens is 257 g/mol. The van der Waals surface area contributed by atoms with Gasteiger partial charge in [-0.1, -0.05) is 0 Å². The van der Waals surface area contributed by atoms with Crippen LogP contribution in [0.2, 0.25) is 0 Å². The van der Waals surface area contributed by atoms with Crippen LogP contribution in [0.1, 0.15) is 19.9 Å². The minimum atomic E-state index is -0.415. The number of anilines is 2. The smallest absolute Gasteiger partial charge is 0.164 e. The monoisotopic (exact) mass is 271 g/mol. The third-order valence-electron chi connectivity index (χ3n) is 3.06. The zero-order valence-electron chi connectivity index (χ0n) is 11.2. The summed E-state index contributed by atoms with van der Waals surface area (Å²) in [5.74, 6) is 0.167. The molecule has 5 nitrogen and oxygen atoms in total. The van der Waals surface area contributed by atoms with Crippen molar-refractivity contribution >= 4 is 22.5 Å². The largest absolute Gasteiger partial charge is 0.336 e. The van der Waals surface area contributed by atoms with E-state index in [0.717, 1.165) is 11.0 Å². The van der Waals surface area contributed by atoms with Crippen molar-refractivity contribution in [1.82, 2.24) is 19.5 Å². The summed E-state index contributed by atoms with van der Waals surface area (Å²) in [6.45, 7) is 4.12. The Labute approximate surface area is 115 Å². The van der Waals surface area contributed by atoms with Gasteiger partial charge in [0.1, 0.15) is 5.52 Å². The first-order valence-corrected chi connectivity index (χ1v) is 6.35. The van der Waals surface area contributed by atoms with Gasteiger partial charge < -0.3 is 9.88 Å². The molecule has 0 bridgehead atoms. The predicted octanol–water partition coefficient (Wildman–Crippen LogP) is 3.29. The number of hydrogen-bond donors (Lipinski definition) is 1. The first-order valence-electron chi connectivity index (χ1n) is 6.35. The van der Waals surface area contributed by atoms with E-state index in [1.165, 1.54) is 12.4 Å². The number of rotatable bonds is 3. The normalized spacial score (nSPS) is 11.2. The van der Waals surface area contributed by atoms with E-state index in [2.05, 4.69) is 34.1 Å². The molecule has 0 fully saturated rings. The Hall–Kier alpha value is -2.50. The molecule has 3 aromatic rings. The van der Waals surface area contributed by atoms with Gasteiger partial charge in [0.05, 0.1) is 23.7 Å².